The number of hydrogen-bond acceptors (Lipinski definition) is 2. The lowest BCUT2D eigenvalue weighted by atomic mass is 9.84. The normalized spacial score (nSPS) is 16.1. The van der Waals surface area contributed by atoms with E-state index in [0.29, 0.717) is 0 Å². The zero-order valence-electron chi connectivity index (χ0n) is 11.0. The lowest BCUT2D eigenvalue weighted by Crippen LogP contribution is -2.33. The summed E-state index contributed by atoms with van der Waals surface area (Å²) >= 11 is 0. The van der Waals surface area contributed by atoms with Gasteiger partial charge in [0.25, 0.3) is 0 Å². The summed E-state index contributed by atoms with van der Waals surface area (Å²) in [6.07, 6.45) is 4.24. The molecule has 1 aromatic rings. The Labute approximate surface area is 105 Å². The molecule has 0 heterocycles. The van der Waals surface area contributed by atoms with E-state index in [1.807, 2.05) is 12.1 Å². The molecule has 0 spiro atoms. The monoisotopic (exact) mass is 232 g/mol. The Morgan fingerprint density at radius 3 is 2.47 bits per heavy atom. The molecule has 0 unspecified atom stereocenters. The quantitative estimate of drug-likeness (QED) is 0.584. The molecule has 0 atom stereocenters. The first-order valence-electron chi connectivity index (χ1n) is 6.65. The third kappa shape index (κ3) is 3.74. The van der Waals surface area contributed by atoms with E-state index in [-0.39, 0.29) is 5.41 Å². The Morgan fingerprint density at radius 2 is 1.88 bits per heavy atom. The van der Waals surface area contributed by atoms with Crippen molar-refractivity contribution in [2.24, 2.45) is 5.92 Å². The van der Waals surface area contributed by atoms with Crippen molar-refractivity contribution in [3.05, 3.63) is 29.8 Å². The first-order chi connectivity index (χ1) is 8.08. The van der Waals surface area contributed by atoms with E-state index in [1.165, 1.54) is 24.8 Å². The number of anilines is 1. The molecule has 2 nitrogen and oxygen atoms in total. The topological polar surface area (TPSA) is 38.0 Å². The maximum atomic E-state index is 5.72. The van der Waals surface area contributed by atoms with Gasteiger partial charge in [-0.25, -0.2) is 0 Å². The minimum atomic E-state index is 0.178. The van der Waals surface area contributed by atoms with Crippen LogP contribution in [0, 0.1) is 5.92 Å². The van der Waals surface area contributed by atoms with E-state index in [0.717, 1.165) is 24.7 Å². The Morgan fingerprint density at radius 1 is 1.24 bits per heavy atom. The molecule has 1 fully saturated rings. The van der Waals surface area contributed by atoms with E-state index < -0.39 is 0 Å². The number of rotatable bonds is 6. The fourth-order valence-electron chi connectivity index (χ4n) is 2.15. The summed E-state index contributed by atoms with van der Waals surface area (Å²) in [6.45, 7) is 6.75. The highest BCUT2D eigenvalue weighted by molar-refractivity contribution is 5.41. The summed E-state index contributed by atoms with van der Waals surface area (Å²) in [7, 11) is 0. The predicted molar refractivity (Wildman–Crippen MR) is 74.1 cm³/mol. The van der Waals surface area contributed by atoms with Crippen molar-refractivity contribution >= 4 is 5.69 Å². The van der Waals surface area contributed by atoms with Crippen LogP contribution in [0.15, 0.2) is 24.3 Å². The second kappa shape index (κ2) is 5.09. The molecule has 2 heteroatoms. The Hall–Kier alpha value is -1.02. The first-order valence-corrected chi connectivity index (χ1v) is 6.65. The Balaban J connectivity index is 1.81. The van der Waals surface area contributed by atoms with Gasteiger partial charge < -0.3 is 11.1 Å². The van der Waals surface area contributed by atoms with Gasteiger partial charge in [0, 0.05) is 17.6 Å². The summed E-state index contributed by atoms with van der Waals surface area (Å²) in [5, 5.41) is 3.58. The van der Waals surface area contributed by atoms with Crippen LogP contribution in [0.2, 0.25) is 0 Å². The number of benzene rings is 1. The number of nitrogens with two attached hydrogens (primary N) is 1. The third-order valence-electron chi connectivity index (χ3n) is 3.69. The average molecular weight is 232 g/mol. The van der Waals surface area contributed by atoms with Gasteiger partial charge in [-0.15, -0.1) is 0 Å². The molecule has 3 N–H and O–H groups in total. The summed E-state index contributed by atoms with van der Waals surface area (Å²) in [5.41, 5.74) is 8.09. The van der Waals surface area contributed by atoms with Crippen molar-refractivity contribution in [2.45, 2.75) is 38.5 Å². The third-order valence-corrected chi connectivity index (χ3v) is 3.69. The maximum absolute atomic E-state index is 5.72. The zero-order chi connectivity index (χ0) is 12.3. The molecule has 0 saturated heterocycles. The second-order valence-corrected chi connectivity index (χ2v) is 5.91. The van der Waals surface area contributed by atoms with Crippen LogP contribution in [0.25, 0.3) is 0 Å². The predicted octanol–water partition coefficient (Wildman–Crippen LogP) is 2.94. The van der Waals surface area contributed by atoms with Crippen molar-refractivity contribution in [1.82, 2.24) is 5.32 Å². The summed E-state index contributed by atoms with van der Waals surface area (Å²) < 4.78 is 0. The first kappa shape index (κ1) is 12.4. The molecule has 1 aliphatic rings. The van der Waals surface area contributed by atoms with Gasteiger partial charge in [-0.05, 0) is 36.6 Å². The molecule has 0 aliphatic heterocycles. The smallest absolute Gasteiger partial charge is 0.0314 e. The highest BCUT2D eigenvalue weighted by Gasteiger charge is 2.22. The molecule has 1 aromatic carbocycles. The maximum Gasteiger partial charge on any atom is 0.0314 e. The molecule has 1 saturated carbocycles. The molecule has 0 aromatic heterocycles. The van der Waals surface area contributed by atoms with Gasteiger partial charge in [0.15, 0.2) is 0 Å². The SMILES string of the molecule is CC(C)(CNCCC1CC1)c1ccc(N)cc1. The van der Waals surface area contributed by atoms with E-state index >= 15 is 0 Å². The van der Waals surface area contributed by atoms with E-state index in [2.05, 4.69) is 31.3 Å². The number of nitrogens with one attached hydrogen (secondary N) is 1. The second-order valence-electron chi connectivity index (χ2n) is 5.91. The molecular formula is C15H24N2. The van der Waals surface area contributed by atoms with Gasteiger partial charge in [-0.3, -0.25) is 0 Å². The molecule has 0 radical (unpaired) electrons. The molecule has 0 bridgehead atoms. The zero-order valence-corrected chi connectivity index (χ0v) is 11.0. The van der Waals surface area contributed by atoms with Crippen molar-refractivity contribution < 1.29 is 0 Å². The molecular weight excluding hydrogens is 208 g/mol. The Kier molecular flexibility index (Phi) is 3.72. The number of hydrogen-bond donors (Lipinski definition) is 2. The van der Waals surface area contributed by atoms with Crippen LogP contribution in [0.3, 0.4) is 0 Å². The van der Waals surface area contributed by atoms with E-state index in [4.69, 9.17) is 5.73 Å². The highest BCUT2D eigenvalue weighted by Crippen LogP contribution is 2.31. The minimum Gasteiger partial charge on any atom is -0.399 e. The summed E-state index contributed by atoms with van der Waals surface area (Å²) in [4.78, 5) is 0. The van der Waals surface area contributed by atoms with E-state index in [9.17, 15) is 0 Å². The molecule has 2 rings (SSSR count). The van der Waals surface area contributed by atoms with Gasteiger partial charge in [0.05, 0.1) is 0 Å². The molecule has 0 amide bonds. The lowest BCUT2D eigenvalue weighted by molar-refractivity contribution is 0.461. The van der Waals surface area contributed by atoms with Gasteiger partial charge in [0.1, 0.15) is 0 Å². The minimum absolute atomic E-state index is 0.178. The van der Waals surface area contributed by atoms with Crippen molar-refractivity contribution in [3.63, 3.8) is 0 Å². The van der Waals surface area contributed by atoms with Crippen LogP contribution >= 0.6 is 0 Å². The fourth-order valence-corrected chi connectivity index (χ4v) is 2.15. The van der Waals surface area contributed by atoms with Crippen LogP contribution in [0.1, 0.15) is 38.7 Å². The van der Waals surface area contributed by atoms with Gasteiger partial charge >= 0.3 is 0 Å². The van der Waals surface area contributed by atoms with Crippen LogP contribution in [-0.2, 0) is 5.41 Å². The number of nitrogen functional groups attached to an aromatic ring is 1. The van der Waals surface area contributed by atoms with Crippen LogP contribution < -0.4 is 11.1 Å². The van der Waals surface area contributed by atoms with Gasteiger partial charge in [-0.2, -0.15) is 0 Å². The summed E-state index contributed by atoms with van der Waals surface area (Å²) in [5.74, 6) is 1.02. The largest absolute Gasteiger partial charge is 0.399 e. The van der Waals surface area contributed by atoms with Crippen molar-refractivity contribution in [3.8, 4) is 0 Å². The van der Waals surface area contributed by atoms with Crippen LogP contribution in [-0.4, -0.2) is 13.1 Å². The van der Waals surface area contributed by atoms with Crippen molar-refractivity contribution in [2.75, 3.05) is 18.8 Å². The van der Waals surface area contributed by atoms with Gasteiger partial charge in [0.2, 0.25) is 0 Å². The van der Waals surface area contributed by atoms with Crippen LogP contribution in [0.4, 0.5) is 5.69 Å². The summed E-state index contributed by atoms with van der Waals surface area (Å²) in [6, 6.07) is 8.25. The van der Waals surface area contributed by atoms with Crippen molar-refractivity contribution in [1.29, 1.82) is 0 Å². The molecule has 1 aliphatic carbocycles. The van der Waals surface area contributed by atoms with Crippen LogP contribution in [0.5, 0.6) is 0 Å². The molecule has 94 valence electrons. The van der Waals surface area contributed by atoms with E-state index in [1.54, 1.807) is 0 Å². The lowest BCUT2D eigenvalue weighted by Gasteiger charge is -2.26. The standard InChI is InChI=1S/C15H24N2/c1-15(2,11-17-10-9-12-3-4-12)13-5-7-14(16)8-6-13/h5-8,12,17H,3-4,9-11,16H2,1-2H3. The highest BCUT2D eigenvalue weighted by atomic mass is 14.9. The fraction of sp³-hybridized carbons (Fsp3) is 0.600. The Bertz CT molecular complexity index is 350. The molecule has 17 heavy (non-hydrogen) atoms. The van der Waals surface area contributed by atoms with Gasteiger partial charge in [-0.1, -0.05) is 38.8 Å². The average Bonchev–Trinajstić information content (AvgIpc) is 3.09.